The van der Waals surface area contributed by atoms with Gasteiger partial charge in [-0.2, -0.15) is 0 Å². The Balaban J connectivity index is 0.00000146. The maximum atomic E-state index is 11.5. The molecule has 2 amide bonds. The van der Waals surface area contributed by atoms with Crippen LogP contribution in [-0.2, 0) is 5.75 Å². The zero-order valence-electron chi connectivity index (χ0n) is 16.6. The summed E-state index contributed by atoms with van der Waals surface area (Å²) < 4.78 is 5.40. The van der Waals surface area contributed by atoms with E-state index in [1.807, 2.05) is 58.0 Å². The summed E-state index contributed by atoms with van der Waals surface area (Å²) in [6.45, 7) is 10.1. The fraction of sp³-hybridized carbons (Fsp3) is 0.350. The molecule has 6 heteroatoms. The van der Waals surface area contributed by atoms with E-state index in [1.165, 1.54) is 11.1 Å². The molecule has 0 spiro atoms. The van der Waals surface area contributed by atoms with Crippen molar-refractivity contribution in [1.82, 2.24) is 5.43 Å². The van der Waals surface area contributed by atoms with Gasteiger partial charge in [-0.1, -0.05) is 58.0 Å². The monoisotopic (exact) mass is 377 g/mol. The van der Waals surface area contributed by atoms with Crippen LogP contribution in [0.2, 0.25) is 0 Å². The molecule has 5 nitrogen and oxygen atoms in total. The van der Waals surface area contributed by atoms with Gasteiger partial charge in [-0.3, -0.25) is 5.43 Å². The number of urea groups is 1. The van der Waals surface area contributed by atoms with Gasteiger partial charge in [0.25, 0.3) is 0 Å². The number of benzene rings is 2. The van der Waals surface area contributed by atoms with Gasteiger partial charge < -0.3 is 10.1 Å². The highest BCUT2D eigenvalue weighted by atomic mass is 32.2. The van der Waals surface area contributed by atoms with Crippen molar-refractivity contribution in [1.29, 1.82) is 0 Å². The van der Waals surface area contributed by atoms with Crippen LogP contribution < -0.4 is 21.3 Å². The topological polar surface area (TPSA) is 76.4 Å². The summed E-state index contributed by atoms with van der Waals surface area (Å²) >= 11 is 1.61. The third-order valence-corrected chi connectivity index (χ3v) is 4.38. The first kappa shape index (κ1) is 23.8. The summed E-state index contributed by atoms with van der Waals surface area (Å²) in [5, 5.41) is 2.71. The Morgan fingerprint density at radius 1 is 1.08 bits per heavy atom. The highest BCUT2D eigenvalue weighted by Crippen LogP contribution is 2.38. The fourth-order valence-electron chi connectivity index (χ4n) is 2.00. The lowest BCUT2D eigenvalue weighted by Gasteiger charge is -2.14. The Hall–Kier alpha value is -2.18. The van der Waals surface area contributed by atoms with E-state index in [0.717, 1.165) is 10.6 Å². The minimum atomic E-state index is -0.467. The van der Waals surface area contributed by atoms with Crippen LogP contribution in [0.25, 0.3) is 0 Å². The van der Waals surface area contributed by atoms with E-state index >= 15 is 0 Å². The molecule has 0 unspecified atom stereocenters. The van der Waals surface area contributed by atoms with E-state index in [-0.39, 0.29) is 0 Å². The number of hydrazine groups is 1. The second kappa shape index (κ2) is 14.0. The zero-order chi connectivity index (χ0) is 19.9. The second-order valence-electron chi connectivity index (χ2n) is 4.65. The Morgan fingerprint density at radius 3 is 2.31 bits per heavy atom. The minimum absolute atomic E-state index is 0.467. The molecule has 0 aliphatic carbocycles. The average molecular weight is 378 g/mol. The molecule has 2 rings (SSSR count). The highest BCUT2D eigenvalue weighted by molar-refractivity contribution is 7.98. The van der Waals surface area contributed by atoms with Crippen LogP contribution in [0.5, 0.6) is 5.75 Å². The average Bonchev–Trinajstić information content (AvgIpc) is 2.70. The molecule has 0 radical (unpaired) electrons. The predicted molar refractivity (Wildman–Crippen MR) is 113 cm³/mol. The lowest BCUT2D eigenvalue weighted by atomic mass is 10.1. The van der Waals surface area contributed by atoms with Crippen LogP contribution in [0.15, 0.2) is 47.4 Å². The quantitative estimate of drug-likeness (QED) is 0.284. The molecule has 144 valence electrons. The van der Waals surface area contributed by atoms with E-state index in [9.17, 15) is 4.79 Å². The third-order valence-electron chi connectivity index (χ3n) is 3.21. The molecule has 0 saturated heterocycles. The van der Waals surface area contributed by atoms with Crippen molar-refractivity contribution in [2.75, 3.05) is 12.4 Å². The number of carbonyl (C=O) groups is 1. The molecule has 26 heavy (non-hydrogen) atoms. The number of nitrogens with two attached hydrogens (primary N) is 1. The summed E-state index contributed by atoms with van der Waals surface area (Å²) in [7, 11) is 1.61. The number of ether oxygens (including phenoxy) is 1. The molecule has 0 bridgehead atoms. The number of amides is 2. The molecule has 2 aromatic rings. The predicted octanol–water partition coefficient (Wildman–Crippen LogP) is 5.34. The number of anilines is 1. The fourth-order valence-corrected chi connectivity index (χ4v) is 3.20. The number of hydrogen-bond acceptors (Lipinski definition) is 4. The van der Waals surface area contributed by atoms with Crippen molar-refractivity contribution in [2.45, 2.75) is 45.3 Å². The Bertz CT molecular complexity index is 663. The van der Waals surface area contributed by atoms with Crippen molar-refractivity contribution < 1.29 is 9.53 Å². The van der Waals surface area contributed by atoms with Crippen LogP contribution >= 0.6 is 11.8 Å². The van der Waals surface area contributed by atoms with E-state index in [0.29, 0.717) is 11.4 Å². The Morgan fingerprint density at radius 2 is 1.73 bits per heavy atom. The number of thioether (sulfide) groups is 1. The Kier molecular flexibility index (Phi) is 12.9. The first-order chi connectivity index (χ1) is 12.7. The molecule has 0 aliphatic rings. The molecule has 0 aliphatic heterocycles. The summed E-state index contributed by atoms with van der Waals surface area (Å²) in [4.78, 5) is 12.3. The van der Waals surface area contributed by atoms with Crippen molar-refractivity contribution in [3.8, 4) is 5.75 Å². The van der Waals surface area contributed by atoms with Crippen LogP contribution in [0.4, 0.5) is 10.5 Å². The summed E-state index contributed by atoms with van der Waals surface area (Å²) in [6, 6.07) is 13.3. The van der Waals surface area contributed by atoms with Crippen molar-refractivity contribution in [3.05, 3.63) is 53.6 Å². The summed E-state index contributed by atoms with van der Waals surface area (Å²) in [5.41, 5.74) is 5.21. The van der Waals surface area contributed by atoms with Gasteiger partial charge in [0.1, 0.15) is 5.75 Å². The Labute approximate surface area is 161 Å². The summed E-state index contributed by atoms with van der Waals surface area (Å²) in [6.07, 6.45) is 0. The van der Waals surface area contributed by atoms with E-state index < -0.39 is 6.03 Å². The third kappa shape index (κ3) is 7.37. The molecule has 0 fully saturated rings. The van der Waals surface area contributed by atoms with Gasteiger partial charge in [0.2, 0.25) is 0 Å². The maximum absolute atomic E-state index is 11.5. The molecule has 0 atom stereocenters. The van der Waals surface area contributed by atoms with Gasteiger partial charge >= 0.3 is 6.03 Å². The standard InChI is InChI=1S/C16H19N3O2S.2C2H6/c1-11-6-3-4-7-12(11)10-22-15-13(18-16(20)19-17)8-5-9-14(15)21-2;2*1-2/h3-9H,10,17H2,1-2H3,(H2,18,19,20);2*1-2H3. The van der Waals surface area contributed by atoms with Gasteiger partial charge in [0, 0.05) is 5.75 Å². The number of rotatable bonds is 5. The largest absolute Gasteiger partial charge is 0.496 e. The van der Waals surface area contributed by atoms with E-state index in [4.69, 9.17) is 10.6 Å². The molecule has 0 saturated carbocycles. The SMILES string of the molecule is CC.CC.COc1cccc(NC(=O)NN)c1SCc1ccccc1C. The van der Waals surface area contributed by atoms with Gasteiger partial charge in [0.15, 0.2) is 0 Å². The minimum Gasteiger partial charge on any atom is -0.496 e. The maximum Gasteiger partial charge on any atom is 0.333 e. The first-order valence-electron chi connectivity index (χ1n) is 8.77. The normalized spacial score (nSPS) is 9.04. The summed E-state index contributed by atoms with van der Waals surface area (Å²) in [5.74, 6) is 6.63. The van der Waals surface area contributed by atoms with Crippen molar-refractivity contribution in [3.63, 3.8) is 0 Å². The van der Waals surface area contributed by atoms with Crippen LogP contribution in [0, 0.1) is 6.92 Å². The van der Waals surface area contributed by atoms with Crippen LogP contribution in [0.1, 0.15) is 38.8 Å². The molecule has 2 aromatic carbocycles. The first-order valence-corrected chi connectivity index (χ1v) is 9.76. The number of carbonyl (C=O) groups excluding carboxylic acids is 1. The van der Waals surface area contributed by atoms with Crippen LogP contribution in [-0.4, -0.2) is 13.1 Å². The van der Waals surface area contributed by atoms with Crippen LogP contribution in [0.3, 0.4) is 0 Å². The smallest absolute Gasteiger partial charge is 0.333 e. The number of methoxy groups -OCH3 is 1. The molecular formula is C20H31N3O2S. The molecule has 0 aromatic heterocycles. The lowest BCUT2D eigenvalue weighted by Crippen LogP contribution is -2.34. The molecule has 4 N–H and O–H groups in total. The number of hydrogen-bond donors (Lipinski definition) is 3. The lowest BCUT2D eigenvalue weighted by molar-refractivity contribution is 0.252. The van der Waals surface area contributed by atoms with E-state index in [2.05, 4.69) is 29.8 Å². The van der Waals surface area contributed by atoms with Crippen molar-refractivity contribution in [2.24, 2.45) is 5.84 Å². The number of nitrogens with one attached hydrogen (secondary N) is 2. The van der Waals surface area contributed by atoms with Gasteiger partial charge in [-0.15, -0.1) is 11.8 Å². The van der Waals surface area contributed by atoms with E-state index in [1.54, 1.807) is 18.9 Å². The van der Waals surface area contributed by atoms with Gasteiger partial charge in [-0.05, 0) is 30.2 Å². The number of aryl methyl sites for hydroxylation is 1. The van der Waals surface area contributed by atoms with Gasteiger partial charge in [-0.25, -0.2) is 10.6 Å². The molecule has 0 heterocycles. The zero-order valence-corrected chi connectivity index (χ0v) is 17.4. The second-order valence-corrected chi connectivity index (χ2v) is 5.64. The van der Waals surface area contributed by atoms with Crippen molar-refractivity contribution >= 4 is 23.5 Å². The molecular weight excluding hydrogens is 346 g/mol. The highest BCUT2D eigenvalue weighted by Gasteiger charge is 2.12. The van der Waals surface area contributed by atoms with Gasteiger partial charge in [0.05, 0.1) is 17.7 Å².